The maximum Gasteiger partial charge on any atom is 0.297 e. The molecule has 1 aromatic carbocycles. The SMILES string of the molecule is O=[N+]([O-])c1ccc(S(=O)(=O)OC23CCC(CC2)C[C@@H]3Cl)cc1. The molecule has 0 aliphatic heterocycles. The summed E-state index contributed by atoms with van der Waals surface area (Å²) >= 11 is 6.35. The Morgan fingerprint density at radius 1 is 1.23 bits per heavy atom. The van der Waals surface area contributed by atoms with E-state index in [1.54, 1.807) is 0 Å². The molecule has 0 N–H and O–H groups in total. The zero-order valence-electron chi connectivity index (χ0n) is 11.8. The number of nitro benzene ring substituents is 1. The Labute approximate surface area is 133 Å². The van der Waals surface area contributed by atoms with E-state index in [0.717, 1.165) is 31.4 Å². The lowest BCUT2D eigenvalue weighted by Crippen LogP contribution is -2.51. The van der Waals surface area contributed by atoms with Crippen molar-refractivity contribution in [2.45, 2.75) is 48.0 Å². The Morgan fingerprint density at radius 2 is 1.82 bits per heavy atom. The predicted molar refractivity (Wildman–Crippen MR) is 80.3 cm³/mol. The van der Waals surface area contributed by atoms with E-state index in [1.807, 2.05) is 0 Å². The molecular formula is C14H16ClNO5S. The van der Waals surface area contributed by atoms with Gasteiger partial charge in [0.05, 0.1) is 15.2 Å². The van der Waals surface area contributed by atoms with Gasteiger partial charge in [-0.15, -0.1) is 11.6 Å². The predicted octanol–water partition coefficient (Wildman–Crippen LogP) is 3.24. The lowest BCUT2D eigenvalue weighted by molar-refractivity contribution is -0.384. The molecule has 0 amide bonds. The van der Waals surface area contributed by atoms with Crippen LogP contribution < -0.4 is 0 Å². The third kappa shape index (κ3) is 2.73. The van der Waals surface area contributed by atoms with Crippen molar-refractivity contribution in [3.8, 4) is 0 Å². The molecule has 22 heavy (non-hydrogen) atoms. The van der Waals surface area contributed by atoms with Gasteiger partial charge in [-0.05, 0) is 50.2 Å². The van der Waals surface area contributed by atoms with Crippen molar-refractivity contribution in [2.24, 2.45) is 5.92 Å². The topological polar surface area (TPSA) is 86.5 Å². The number of benzene rings is 1. The lowest BCUT2D eigenvalue weighted by Gasteiger charge is -2.48. The fraction of sp³-hybridized carbons (Fsp3) is 0.571. The Kier molecular flexibility index (Phi) is 3.91. The number of nitro groups is 1. The molecule has 0 radical (unpaired) electrons. The smallest absolute Gasteiger partial charge is 0.258 e. The zero-order valence-corrected chi connectivity index (χ0v) is 13.3. The van der Waals surface area contributed by atoms with Gasteiger partial charge in [-0.2, -0.15) is 8.42 Å². The van der Waals surface area contributed by atoms with E-state index in [4.69, 9.17) is 15.8 Å². The molecular weight excluding hydrogens is 330 g/mol. The third-order valence-electron chi connectivity index (χ3n) is 4.67. The van der Waals surface area contributed by atoms with Crippen molar-refractivity contribution in [3.63, 3.8) is 0 Å². The highest BCUT2D eigenvalue weighted by Crippen LogP contribution is 2.50. The van der Waals surface area contributed by atoms with Crippen LogP contribution in [-0.2, 0) is 14.3 Å². The molecule has 0 spiro atoms. The molecule has 4 rings (SSSR count). The van der Waals surface area contributed by atoms with E-state index in [0.29, 0.717) is 18.8 Å². The summed E-state index contributed by atoms with van der Waals surface area (Å²) in [5, 5.41) is 10.3. The lowest BCUT2D eigenvalue weighted by atomic mass is 9.67. The van der Waals surface area contributed by atoms with Gasteiger partial charge in [0.1, 0.15) is 5.60 Å². The second-order valence-electron chi connectivity index (χ2n) is 6.00. The van der Waals surface area contributed by atoms with Gasteiger partial charge in [0, 0.05) is 12.1 Å². The van der Waals surface area contributed by atoms with Crippen molar-refractivity contribution in [1.82, 2.24) is 0 Å². The summed E-state index contributed by atoms with van der Waals surface area (Å²) in [4.78, 5) is 9.98. The monoisotopic (exact) mass is 345 g/mol. The molecule has 8 heteroatoms. The van der Waals surface area contributed by atoms with Crippen LogP contribution >= 0.6 is 11.6 Å². The molecule has 3 fully saturated rings. The van der Waals surface area contributed by atoms with Crippen LogP contribution in [-0.4, -0.2) is 24.3 Å². The van der Waals surface area contributed by atoms with E-state index in [1.165, 1.54) is 12.1 Å². The second-order valence-corrected chi connectivity index (χ2v) is 8.07. The van der Waals surface area contributed by atoms with Gasteiger partial charge in [0.15, 0.2) is 0 Å². The first-order chi connectivity index (χ1) is 10.3. The van der Waals surface area contributed by atoms with Crippen LogP contribution in [0.5, 0.6) is 0 Å². The van der Waals surface area contributed by atoms with Crippen molar-refractivity contribution in [2.75, 3.05) is 0 Å². The summed E-state index contributed by atoms with van der Waals surface area (Å²) < 4.78 is 30.4. The summed E-state index contributed by atoms with van der Waals surface area (Å²) in [5.41, 5.74) is -0.998. The molecule has 1 aromatic rings. The van der Waals surface area contributed by atoms with Crippen LogP contribution in [0.2, 0.25) is 0 Å². The van der Waals surface area contributed by atoms with Crippen molar-refractivity contribution < 1.29 is 17.5 Å². The van der Waals surface area contributed by atoms with Crippen molar-refractivity contribution >= 4 is 27.4 Å². The largest absolute Gasteiger partial charge is 0.297 e. The maximum absolute atomic E-state index is 12.5. The number of fused-ring (bicyclic) bond motifs is 3. The Balaban J connectivity index is 1.85. The number of hydrogen-bond donors (Lipinski definition) is 0. The highest BCUT2D eigenvalue weighted by atomic mass is 35.5. The molecule has 0 unspecified atom stereocenters. The van der Waals surface area contributed by atoms with Gasteiger partial charge < -0.3 is 0 Å². The van der Waals surface area contributed by atoms with Gasteiger partial charge in [-0.1, -0.05) is 0 Å². The molecule has 0 saturated heterocycles. The summed E-state index contributed by atoms with van der Waals surface area (Å²) in [6.45, 7) is 0. The van der Waals surface area contributed by atoms with Crippen LogP contribution in [0.15, 0.2) is 29.2 Å². The number of halogens is 1. The number of alkyl halides is 1. The van der Waals surface area contributed by atoms with Gasteiger partial charge in [0.2, 0.25) is 0 Å². The van der Waals surface area contributed by atoms with E-state index in [2.05, 4.69) is 0 Å². The molecule has 3 aliphatic carbocycles. The van der Waals surface area contributed by atoms with Gasteiger partial charge >= 0.3 is 0 Å². The number of nitrogens with zero attached hydrogens (tertiary/aromatic N) is 1. The summed E-state index contributed by atoms with van der Waals surface area (Å²) in [6.07, 6.45) is 3.91. The fourth-order valence-corrected chi connectivity index (χ4v) is 5.21. The Morgan fingerprint density at radius 3 is 2.32 bits per heavy atom. The highest BCUT2D eigenvalue weighted by Gasteiger charge is 2.50. The third-order valence-corrected chi connectivity index (χ3v) is 6.65. The van der Waals surface area contributed by atoms with Gasteiger partial charge in [-0.3, -0.25) is 14.3 Å². The van der Waals surface area contributed by atoms with Crippen LogP contribution in [0, 0.1) is 16.0 Å². The standard InChI is InChI=1S/C14H16ClNO5S/c15-13-9-10-5-7-14(13,8-6-10)21-22(19,20)12-3-1-11(2-4-12)16(17)18/h1-4,10,13H,5-9H2/t10?,13-,14?/m0/s1. The average Bonchev–Trinajstić information content (AvgIpc) is 2.48. The van der Waals surface area contributed by atoms with Crippen LogP contribution in [0.25, 0.3) is 0 Å². The van der Waals surface area contributed by atoms with Crippen LogP contribution in [0.4, 0.5) is 5.69 Å². The van der Waals surface area contributed by atoms with Crippen molar-refractivity contribution in [3.05, 3.63) is 34.4 Å². The van der Waals surface area contributed by atoms with E-state index in [-0.39, 0.29) is 16.0 Å². The fourth-order valence-electron chi connectivity index (χ4n) is 3.36. The summed E-state index contributed by atoms with van der Waals surface area (Å²) in [6, 6.07) is 4.71. The summed E-state index contributed by atoms with van der Waals surface area (Å²) in [7, 11) is -3.99. The molecule has 6 nitrogen and oxygen atoms in total. The normalized spacial score (nSPS) is 31.1. The molecule has 120 valence electrons. The minimum Gasteiger partial charge on any atom is -0.258 e. The molecule has 3 aliphatic rings. The van der Waals surface area contributed by atoms with E-state index >= 15 is 0 Å². The van der Waals surface area contributed by atoms with E-state index < -0.39 is 20.6 Å². The van der Waals surface area contributed by atoms with Gasteiger partial charge in [-0.25, -0.2) is 0 Å². The first-order valence-corrected chi connectivity index (χ1v) is 9.01. The quantitative estimate of drug-likeness (QED) is 0.362. The highest BCUT2D eigenvalue weighted by molar-refractivity contribution is 7.86. The number of hydrogen-bond acceptors (Lipinski definition) is 5. The molecule has 0 heterocycles. The number of non-ortho nitro benzene ring substituents is 1. The van der Waals surface area contributed by atoms with Crippen LogP contribution in [0.3, 0.4) is 0 Å². The Bertz CT molecular complexity index is 680. The van der Waals surface area contributed by atoms with Crippen LogP contribution in [0.1, 0.15) is 32.1 Å². The molecule has 1 atom stereocenters. The molecule has 0 aromatic heterocycles. The summed E-state index contributed by atoms with van der Waals surface area (Å²) in [5.74, 6) is 0.565. The molecule has 3 saturated carbocycles. The van der Waals surface area contributed by atoms with Gasteiger partial charge in [0.25, 0.3) is 15.8 Å². The first-order valence-electron chi connectivity index (χ1n) is 7.17. The minimum atomic E-state index is -3.99. The molecule has 2 bridgehead atoms. The average molecular weight is 346 g/mol. The number of rotatable bonds is 4. The second kappa shape index (κ2) is 5.47. The first kappa shape index (κ1) is 15.7. The van der Waals surface area contributed by atoms with E-state index in [9.17, 15) is 18.5 Å². The minimum absolute atomic E-state index is 0.0796. The van der Waals surface area contributed by atoms with Crippen molar-refractivity contribution in [1.29, 1.82) is 0 Å². The Hall–Kier alpha value is -1.18. The zero-order chi connectivity index (χ0) is 16.0. The maximum atomic E-state index is 12.5.